The van der Waals surface area contributed by atoms with E-state index in [-0.39, 0.29) is 12.3 Å². The third kappa shape index (κ3) is 3.16. The molecule has 1 heterocycles. The fraction of sp³-hybridized carbons (Fsp3) is 0.400. The summed E-state index contributed by atoms with van der Waals surface area (Å²) in [6, 6.07) is 2.89. The minimum absolute atomic E-state index is 0.119. The lowest BCUT2D eigenvalue weighted by molar-refractivity contribution is -0.159. The van der Waals surface area contributed by atoms with Crippen molar-refractivity contribution in [3.05, 3.63) is 29.0 Å². The third-order valence-electron chi connectivity index (χ3n) is 1.87. The lowest BCUT2D eigenvalue weighted by atomic mass is 10.1. The number of carbonyl (C=O) groups excluding carboxylic acids is 1. The number of carbonyl (C=O) groups is 1. The summed E-state index contributed by atoms with van der Waals surface area (Å²) in [5.74, 6) is -0.892. The van der Waals surface area contributed by atoms with Gasteiger partial charge < -0.3 is 14.9 Å². The molecule has 16 heavy (non-hydrogen) atoms. The maximum Gasteiger partial charge on any atom is 0.338 e. The standard InChI is InChI=1S/C10H12ClNO4/c1-2-16-10(15)9(14)8(13)7-5-6(11)3-4-12-7/h3-5,8-9,13-14H,2H2,1H3. The average Bonchev–Trinajstić information content (AvgIpc) is 2.27. The van der Waals surface area contributed by atoms with Crippen molar-refractivity contribution in [3.8, 4) is 0 Å². The van der Waals surface area contributed by atoms with Crippen molar-refractivity contribution in [1.82, 2.24) is 4.98 Å². The Labute approximate surface area is 97.6 Å². The molecule has 5 nitrogen and oxygen atoms in total. The zero-order valence-electron chi connectivity index (χ0n) is 8.63. The van der Waals surface area contributed by atoms with Gasteiger partial charge in [-0.3, -0.25) is 4.98 Å². The maximum atomic E-state index is 11.1. The highest BCUT2D eigenvalue weighted by Gasteiger charge is 2.27. The molecule has 1 rings (SSSR count). The van der Waals surface area contributed by atoms with Crippen molar-refractivity contribution in [2.45, 2.75) is 19.1 Å². The largest absolute Gasteiger partial charge is 0.464 e. The average molecular weight is 246 g/mol. The fourth-order valence-electron chi connectivity index (χ4n) is 1.10. The van der Waals surface area contributed by atoms with Gasteiger partial charge >= 0.3 is 5.97 Å². The van der Waals surface area contributed by atoms with Crippen LogP contribution in [-0.2, 0) is 9.53 Å². The number of ether oxygens (including phenoxy) is 1. The van der Waals surface area contributed by atoms with Crippen molar-refractivity contribution in [2.75, 3.05) is 6.61 Å². The van der Waals surface area contributed by atoms with Gasteiger partial charge in [-0.15, -0.1) is 0 Å². The molecule has 1 aromatic rings. The van der Waals surface area contributed by atoms with Gasteiger partial charge in [0.25, 0.3) is 0 Å². The summed E-state index contributed by atoms with van der Waals surface area (Å²) in [5.41, 5.74) is 0.119. The molecule has 0 fully saturated rings. The van der Waals surface area contributed by atoms with Crippen LogP contribution >= 0.6 is 11.6 Å². The van der Waals surface area contributed by atoms with Crippen LogP contribution in [-0.4, -0.2) is 33.9 Å². The number of aliphatic hydroxyl groups excluding tert-OH is 2. The highest BCUT2D eigenvalue weighted by Crippen LogP contribution is 2.18. The summed E-state index contributed by atoms with van der Waals surface area (Å²) in [6.45, 7) is 1.74. The summed E-state index contributed by atoms with van der Waals surface area (Å²) in [6.07, 6.45) is -1.73. The van der Waals surface area contributed by atoms with Gasteiger partial charge in [-0.1, -0.05) is 11.6 Å². The first-order chi connectivity index (χ1) is 7.56. The summed E-state index contributed by atoms with van der Waals surface area (Å²) < 4.78 is 4.57. The van der Waals surface area contributed by atoms with Crippen LogP contribution in [0.4, 0.5) is 0 Å². The molecular formula is C10H12ClNO4. The topological polar surface area (TPSA) is 79.7 Å². The van der Waals surface area contributed by atoms with Gasteiger partial charge in [-0.25, -0.2) is 4.79 Å². The number of nitrogens with zero attached hydrogens (tertiary/aromatic N) is 1. The van der Waals surface area contributed by atoms with E-state index in [0.717, 1.165) is 0 Å². The second kappa shape index (κ2) is 5.79. The molecule has 0 saturated heterocycles. The number of esters is 1. The van der Waals surface area contributed by atoms with E-state index in [9.17, 15) is 15.0 Å². The van der Waals surface area contributed by atoms with E-state index in [0.29, 0.717) is 5.02 Å². The van der Waals surface area contributed by atoms with Crippen LogP contribution in [0.25, 0.3) is 0 Å². The van der Waals surface area contributed by atoms with E-state index in [1.165, 1.54) is 18.3 Å². The highest BCUT2D eigenvalue weighted by molar-refractivity contribution is 6.30. The van der Waals surface area contributed by atoms with E-state index < -0.39 is 18.2 Å². The number of hydrogen-bond acceptors (Lipinski definition) is 5. The van der Waals surface area contributed by atoms with E-state index in [4.69, 9.17) is 11.6 Å². The van der Waals surface area contributed by atoms with E-state index in [1.54, 1.807) is 6.92 Å². The van der Waals surface area contributed by atoms with E-state index >= 15 is 0 Å². The minimum Gasteiger partial charge on any atom is -0.464 e. The molecule has 0 saturated carbocycles. The fourth-order valence-corrected chi connectivity index (χ4v) is 1.27. The van der Waals surface area contributed by atoms with Gasteiger partial charge in [0.1, 0.15) is 6.10 Å². The SMILES string of the molecule is CCOC(=O)C(O)C(O)c1cc(Cl)ccn1. The zero-order chi connectivity index (χ0) is 12.1. The Bertz CT molecular complexity index is 372. The summed E-state index contributed by atoms with van der Waals surface area (Å²) in [7, 11) is 0. The Morgan fingerprint density at radius 1 is 1.62 bits per heavy atom. The van der Waals surface area contributed by atoms with Crippen molar-refractivity contribution >= 4 is 17.6 Å². The monoisotopic (exact) mass is 245 g/mol. The first-order valence-electron chi connectivity index (χ1n) is 4.70. The molecule has 1 aromatic heterocycles. The lowest BCUT2D eigenvalue weighted by Gasteiger charge is -2.15. The smallest absolute Gasteiger partial charge is 0.338 e. The summed E-state index contributed by atoms with van der Waals surface area (Å²) >= 11 is 5.69. The molecule has 6 heteroatoms. The van der Waals surface area contributed by atoms with Gasteiger partial charge in [-0.05, 0) is 19.1 Å². The highest BCUT2D eigenvalue weighted by atomic mass is 35.5. The molecule has 2 N–H and O–H groups in total. The lowest BCUT2D eigenvalue weighted by Crippen LogP contribution is -2.30. The number of halogens is 1. The van der Waals surface area contributed by atoms with Crippen molar-refractivity contribution < 1.29 is 19.7 Å². The number of hydrogen-bond donors (Lipinski definition) is 2. The van der Waals surface area contributed by atoms with Crippen molar-refractivity contribution in [2.24, 2.45) is 0 Å². The number of aliphatic hydroxyl groups is 2. The zero-order valence-corrected chi connectivity index (χ0v) is 9.39. The van der Waals surface area contributed by atoms with Crippen LogP contribution < -0.4 is 0 Å². The Hall–Kier alpha value is -1.17. The quantitative estimate of drug-likeness (QED) is 0.763. The Kier molecular flexibility index (Phi) is 4.67. The molecule has 88 valence electrons. The maximum absolute atomic E-state index is 11.1. The molecule has 0 radical (unpaired) electrons. The first-order valence-corrected chi connectivity index (χ1v) is 5.08. The number of aromatic nitrogens is 1. The predicted molar refractivity (Wildman–Crippen MR) is 56.8 cm³/mol. The van der Waals surface area contributed by atoms with Crippen LogP contribution in [0.3, 0.4) is 0 Å². The molecule has 2 atom stereocenters. The van der Waals surface area contributed by atoms with Crippen LogP contribution in [0.1, 0.15) is 18.7 Å². The van der Waals surface area contributed by atoms with Crippen molar-refractivity contribution in [1.29, 1.82) is 0 Å². The predicted octanol–water partition coefficient (Wildman–Crippen LogP) is 0.692. The van der Waals surface area contributed by atoms with Gasteiger partial charge in [0.15, 0.2) is 6.10 Å². The Morgan fingerprint density at radius 2 is 2.31 bits per heavy atom. The number of rotatable bonds is 4. The molecule has 2 unspecified atom stereocenters. The van der Waals surface area contributed by atoms with Crippen molar-refractivity contribution in [3.63, 3.8) is 0 Å². The van der Waals surface area contributed by atoms with Gasteiger partial charge in [0.2, 0.25) is 0 Å². The van der Waals surface area contributed by atoms with E-state index in [1.807, 2.05) is 0 Å². The molecule has 0 aromatic carbocycles. The molecule has 0 amide bonds. The molecule has 0 spiro atoms. The van der Waals surface area contributed by atoms with Gasteiger partial charge in [0.05, 0.1) is 12.3 Å². The van der Waals surface area contributed by atoms with Gasteiger partial charge in [-0.2, -0.15) is 0 Å². The normalized spacial score (nSPS) is 14.2. The van der Waals surface area contributed by atoms with Gasteiger partial charge in [0, 0.05) is 11.2 Å². The molecule has 0 aliphatic carbocycles. The Balaban J connectivity index is 2.77. The molecule has 0 aliphatic rings. The summed E-state index contributed by atoms with van der Waals surface area (Å²) in [4.78, 5) is 15.0. The summed E-state index contributed by atoms with van der Waals surface area (Å²) in [5, 5.41) is 19.5. The first kappa shape index (κ1) is 12.9. The van der Waals surface area contributed by atoms with Crippen LogP contribution in [0, 0.1) is 0 Å². The molecule has 0 bridgehead atoms. The number of pyridine rings is 1. The Morgan fingerprint density at radius 3 is 2.88 bits per heavy atom. The minimum atomic E-state index is -1.66. The second-order valence-corrected chi connectivity index (χ2v) is 3.48. The molecular weight excluding hydrogens is 234 g/mol. The van der Waals surface area contributed by atoms with Crippen LogP contribution in [0.15, 0.2) is 18.3 Å². The van der Waals surface area contributed by atoms with E-state index in [2.05, 4.69) is 9.72 Å². The molecule has 0 aliphatic heterocycles. The van der Waals surface area contributed by atoms with Crippen LogP contribution in [0.2, 0.25) is 5.02 Å². The third-order valence-corrected chi connectivity index (χ3v) is 2.11. The van der Waals surface area contributed by atoms with Crippen LogP contribution in [0.5, 0.6) is 0 Å². The second-order valence-electron chi connectivity index (χ2n) is 3.04.